The summed E-state index contributed by atoms with van der Waals surface area (Å²) in [7, 11) is 3.13. The molecule has 5 heteroatoms. The molecule has 2 N–H and O–H groups in total. The molecule has 0 spiro atoms. The van der Waals surface area contributed by atoms with Crippen molar-refractivity contribution in [3.63, 3.8) is 0 Å². The van der Waals surface area contributed by atoms with Crippen LogP contribution in [-0.4, -0.2) is 32.4 Å². The lowest BCUT2D eigenvalue weighted by Gasteiger charge is -2.28. The van der Waals surface area contributed by atoms with E-state index < -0.39 is 0 Å². The molecule has 0 aromatic carbocycles. The molecular weight excluding hydrogens is 196 g/mol. The van der Waals surface area contributed by atoms with Crippen LogP contribution < -0.4 is 10.8 Å². The molecule has 90 valence electrons. The molecule has 0 radical (unpaired) electrons. The number of nitrogens with one attached hydrogen (secondary N) is 2. The zero-order chi connectivity index (χ0) is 11.7. The van der Waals surface area contributed by atoms with Gasteiger partial charge >= 0.3 is 5.97 Å². The van der Waals surface area contributed by atoms with E-state index in [0.29, 0.717) is 6.42 Å². The Hall–Kier alpha value is -0.650. The summed E-state index contributed by atoms with van der Waals surface area (Å²) in [5.41, 5.74) is 2.28. The lowest BCUT2D eigenvalue weighted by molar-refractivity contribution is -0.141. The maximum absolute atomic E-state index is 10.8. The first-order chi connectivity index (χ1) is 7.08. The van der Waals surface area contributed by atoms with Crippen LogP contribution in [0.1, 0.15) is 33.1 Å². The van der Waals surface area contributed by atoms with Crippen LogP contribution in [-0.2, 0) is 14.4 Å². The maximum atomic E-state index is 10.8. The van der Waals surface area contributed by atoms with Gasteiger partial charge in [-0.2, -0.15) is 0 Å². The van der Waals surface area contributed by atoms with Crippen molar-refractivity contribution in [1.82, 2.24) is 10.8 Å². The van der Waals surface area contributed by atoms with E-state index in [2.05, 4.69) is 15.5 Å². The van der Waals surface area contributed by atoms with Crippen molar-refractivity contribution in [3.05, 3.63) is 0 Å². The highest BCUT2D eigenvalue weighted by molar-refractivity contribution is 5.69. The molecule has 1 unspecified atom stereocenters. The maximum Gasteiger partial charge on any atom is 0.305 e. The van der Waals surface area contributed by atoms with E-state index in [1.165, 1.54) is 7.11 Å². The Morgan fingerprint density at radius 2 is 2.13 bits per heavy atom. The molecule has 0 fully saturated rings. The Labute approximate surface area is 91.5 Å². The number of hydrogen-bond acceptors (Lipinski definition) is 5. The summed E-state index contributed by atoms with van der Waals surface area (Å²) >= 11 is 0. The smallest absolute Gasteiger partial charge is 0.305 e. The number of rotatable bonds is 8. The van der Waals surface area contributed by atoms with Crippen molar-refractivity contribution in [3.8, 4) is 0 Å². The summed E-state index contributed by atoms with van der Waals surface area (Å²) in [6.45, 7) is 4.72. The topological polar surface area (TPSA) is 59.6 Å². The van der Waals surface area contributed by atoms with E-state index in [-0.39, 0.29) is 11.7 Å². The predicted octanol–water partition coefficient (Wildman–Crippen LogP) is 0.806. The van der Waals surface area contributed by atoms with E-state index in [0.717, 1.165) is 19.4 Å². The lowest BCUT2D eigenvalue weighted by Crippen LogP contribution is -2.47. The van der Waals surface area contributed by atoms with Crippen LogP contribution in [0.2, 0.25) is 0 Å². The number of hydrogen-bond donors (Lipinski definition) is 2. The van der Waals surface area contributed by atoms with Crippen molar-refractivity contribution in [2.24, 2.45) is 0 Å². The van der Waals surface area contributed by atoms with Crippen molar-refractivity contribution >= 4 is 5.97 Å². The Bertz CT molecular complexity index is 188. The number of esters is 1. The first kappa shape index (κ1) is 14.3. The van der Waals surface area contributed by atoms with Crippen LogP contribution in [0.15, 0.2) is 0 Å². The predicted molar refractivity (Wildman–Crippen MR) is 58.1 cm³/mol. The summed E-state index contributed by atoms with van der Waals surface area (Å²) in [5, 5.41) is 3.23. The first-order valence-corrected chi connectivity index (χ1v) is 5.24. The third kappa shape index (κ3) is 6.43. The van der Waals surface area contributed by atoms with Crippen molar-refractivity contribution in [2.45, 2.75) is 38.8 Å². The van der Waals surface area contributed by atoms with Crippen molar-refractivity contribution < 1.29 is 14.4 Å². The monoisotopic (exact) mass is 218 g/mol. The average Bonchev–Trinajstić information content (AvgIpc) is 2.24. The van der Waals surface area contributed by atoms with E-state index >= 15 is 0 Å². The molecule has 5 nitrogen and oxygen atoms in total. The average molecular weight is 218 g/mol. The fourth-order valence-corrected chi connectivity index (χ4v) is 1.15. The molecule has 1 atom stereocenters. The molecule has 0 saturated carbocycles. The number of ether oxygens (including phenoxy) is 1. The van der Waals surface area contributed by atoms with Gasteiger partial charge in [0, 0.05) is 13.5 Å². The van der Waals surface area contributed by atoms with Gasteiger partial charge in [0.15, 0.2) is 0 Å². The molecule has 0 aliphatic carbocycles. The SMILES string of the molecule is CCC(C)(NCCCC(=O)OC)ONC. The standard InChI is InChI=1S/C10H22N2O3/c1-5-10(2,15-11-3)12-8-6-7-9(13)14-4/h11-12H,5-8H2,1-4H3. The quantitative estimate of drug-likeness (QED) is 0.273. The van der Waals surface area contributed by atoms with Gasteiger partial charge in [-0.1, -0.05) is 6.92 Å². The Morgan fingerprint density at radius 3 is 2.60 bits per heavy atom. The van der Waals surface area contributed by atoms with Crippen molar-refractivity contribution in [2.75, 3.05) is 20.7 Å². The van der Waals surface area contributed by atoms with E-state index in [4.69, 9.17) is 4.84 Å². The Balaban J connectivity index is 3.67. The van der Waals surface area contributed by atoms with Gasteiger partial charge in [0.25, 0.3) is 0 Å². The van der Waals surface area contributed by atoms with Crippen LogP contribution >= 0.6 is 0 Å². The molecular formula is C10H22N2O3. The second-order valence-corrected chi connectivity index (χ2v) is 3.50. The van der Waals surface area contributed by atoms with E-state index in [1.807, 2.05) is 13.8 Å². The second-order valence-electron chi connectivity index (χ2n) is 3.50. The molecule has 0 aliphatic heterocycles. The molecule has 0 heterocycles. The van der Waals surface area contributed by atoms with Crippen LogP contribution in [0.5, 0.6) is 0 Å². The first-order valence-electron chi connectivity index (χ1n) is 5.24. The highest BCUT2D eigenvalue weighted by Crippen LogP contribution is 2.08. The van der Waals surface area contributed by atoms with Gasteiger partial charge in [0.05, 0.1) is 7.11 Å². The fourth-order valence-electron chi connectivity index (χ4n) is 1.15. The largest absolute Gasteiger partial charge is 0.469 e. The van der Waals surface area contributed by atoms with Gasteiger partial charge in [-0.15, -0.1) is 0 Å². The molecule has 0 bridgehead atoms. The minimum Gasteiger partial charge on any atom is -0.469 e. The summed E-state index contributed by atoms with van der Waals surface area (Å²) in [5.74, 6) is -0.176. The van der Waals surface area contributed by atoms with E-state index in [9.17, 15) is 4.79 Å². The molecule has 0 rings (SSSR count). The van der Waals surface area contributed by atoms with Gasteiger partial charge in [-0.3, -0.25) is 14.9 Å². The van der Waals surface area contributed by atoms with Gasteiger partial charge in [-0.25, -0.2) is 5.48 Å². The molecule has 0 aliphatic rings. The van der Waals surface area contributed by atoms with Gasteiger partial charge in [-0.05, 0) is 26.3 Å². The highest BCUT2D eigenvalue weighted by atomic mass is 16.7. The summed E-state index contributed by atoms with van der Waals surface area (Å²) in [4.78, 5) is 16.2. The van der Waals surface area contributed by atoms with Gasteiger partial charge < -0.3 is 4.74 Å². The van der Waals surface area contributed by atoms with Crippen LogP contribution in [0, 0.1) is 0 Å². The third-order valence-electron chi connectivity index (χ3n) is 2.29. The molecule has 0 aromatic heterocycles. The molecule has 15 heavy (non-hydrogen) atoms. The van der Waals surface area contributed by atoms with Gasteiger partial charge in [0.1, 0.15) is 5.72 Å². The number of hydroxylamine groups is 1. The van der Waals surface area contributed by atoms with Crippen LogP contribution in [0.25, 0.3) is 0 Å². The Kier molecular flexibility index (Phi) is 7.29. The zero-order valence-electron chi connectivity index (χ0n) is 10.1. The lowest BCUT2D eigenvalue weighted by atomic mass is 10.2. The number of methoxy groups -OCH3 is 1. The summed E-state index contributed by atoms with van der Waals surface area (Å²) < 4.78 is 4.55. The van der Waals surface area contributed by atoms with Crippen LogP contribution in [0.3, 0.4) is 0 Å². The Morgan fingerprint density at radius 1 is 1.47 bits per heavy atom. The minimum absolute atomic E-state index is 0.176. The van der Waals surface area contributed by atoms with Gasteiger partial charge in [0.2, 0.25) is 0 Å². The number of carbonyl (C=O) groups excluding carboxylic acids is 1. The fraction of sp³-hybridized carbons (Fsp3) is 0.900. The molecule has 0 amide bonds. The van der Waals surface area contributed by atoms with Crippen LogP contribution in [0.4, 0.5) is 0 Å². The van der Waals surface area contributed by atoms with Crippen molar-refractivity contribution in [1.29, 1.82) is 0 Å². The minimum atomic E-state index is -0.384. The zero-order valence-corrected chi connectivity index (χ0v) is 10.1. The third-order valence-corrected chi connectivity index (χ3v) is 2.29. The molecule has 0 saturated heterocycles. The summed E-state index contributed by atoms with van der Waals surface area (Å²) in [6.07, 6.45) is 2.02. The molecule has 0 aromatic rings. The highest BCUT2D eigenvalue weighted by Gasteiger charge is 2.21. The second kappa shape index (κ2) is 7.62. The van der Waals surface area contributed by atoms with E-state index in [1.54, 1.807) is 7.05 Å². The normalized spacial score (nSPS) is 14.7. The number of carbonyl (C=O) groups is 1. The summed E-state index contributed by atoms with van der Waals surface area (Å²) in [6, 6.07) is 0.